The molecule has 0 aliphatic carbocycles. The molecule has 0 saturated heterocycles. The molecule has 6 heteroatoms. The summed E-state index contributed by atoms with van der Waals surface area (Å²) in [5.41, 5.74) is 0.493. The van der Waals surface area contributed by atoms with E-state index < -0.39 is 10.2 Å². The molecule has 0 aromatic carbocycles. The van der Waals surface area contributed by atoms with Crippen molar-refractivity contribution in [3.05, 3.63) is 24.5 Å². The lowest BCUT2D eigenvalue weighted by Crippen LogP contribution is -2.32. The van der Waals surface area contributed by atoms with Crippen LogP contribution in [0, 0.1) is 0 Å². The number of hydrogen-bond donors (Lipinski definition) is 1. The van der Waals surface area contributed by atoms with Gasteiger partial charge in [-0.2, -0.15) is 8.42 Å². The molecule has 80 valence electrons. The normalized spacial score (nSPS) is 10.0. The lowest BCUT2D eigenvalue weighted by atomic mass is 10.4. The Bertz CT molecular complexity index is 350. The van der Waals surface area contributed by atoms with Crippen molar-refractivity contribution in [2.45, 2.75) is 13.8 Å². The highest BCUT2D eigenvalue weighted by atomic mass is 32.2. The summed E-state index contributed by atoms with van der Waals surface area (Å²) >= 11 is 0. The van der Waals surface area contributed by atoms with E-state index in [4.69, 9.17) is 5.14 Å². The maximum atomic E-state index is 10.8. The molecule has 0 fully saturated rings. The molecule has 0 aliphatic heterocycles. The summed E-state index contributed by atoms with van der Waals surface area (Å²) in [6.07, 6.45) is 2.99. The number of nitrogens with two attached hydrogens (primary N) is 1. The van der Waals surface area contributed by atoms with Crippen molar-refractivity contribution >= 4 is 15.9 Å². The third-order valence-corrected chi connectivity index (χ3v) is 2.38. The minimum Gasteiger partial charge on any atom is -0.265 e. The Kier molecular flexibility index (Phi) is 5.11. The zero-order chi connectivity index (χ0) is 11.2. The number of hydrogen-bond acceptors (Lipinski definition) is 3. The maximum absolute atomic E-state index is 10.8. The molecule has 2 N–H and O–H groups in total. The van der Waals surface area contributed by atoms with Gasteiger partial charge in [0.25, 0.3) is 10.2 Å². The van der Waals surface area contributed by atoms with Crippen molar-refractivity contribution in [2.24, 2.45) is 5.14 Å². The van der Waals surface area contributed by atoms with Gasteiger partial charge >= 0.3 is 0 Å². The van der Waals surface area contributed by atoms with Gasteiger partial charge in [0.1, 0.15) is 0 Å². The minimum absolute atomic E-state index is 0.493. The number of anilines is 1. The van der Waals surface area contributed by atoms with Crippen LogP contribution < -0.4 is 9.44 Å². The molecule has 1 aromatic heterocycles. The number of rotatable bonds is 2. The summed E-state index contributed by atoms with van der Waals surface area (Å²) in [7, 11) is -2.27. The SMILES string of the molecule is CC.CN(c1ccncc1)S(N)(=O)=O. The highest BCUT2D eigenvalue weighted by Crippen LogP contribution is 2.10. The van der Waals surface area contributed by atoms with Crippen molar-refractivity contribution in [2.75, 3.05) is 11.4 Å². The van der Waals surface area contributed by atoms with Gasteiger partial charge in [-0.3, -0.25) is 9.29 Å². The molecule has 0 saturated carbocycles. The molecule has 0 atom stereocenters. The highest BCUT2D eigenvalue weighted by Gasteiger charge is 2.10. The molecular formula is C8H15N3O2S. The first-order valence-corrected chi connectivity index (χ1v) is 5.69. The zero-order valence-corrected chi connectivity index (χ0v) is 9.32. The first-order valence-electron chi connectivity index (χ1n) is 4.18. The first kappa shape index (κ1) is 12.9. The van der Waals surface area contributed by atoms with Crippen LogP contribution in [0.5, 0.6) is 0 Å². The summed E-state index contributed by atoms with van der Waals surface area (Å²) < 4.78 is 22.6. The standard InChI is InChI=1S/C6H9N3O2S.C2H6/c1-9(12(7,10)11)6-2-4-8-5-3-6;1-2/h2-5H,1H3,(H2,7,10,11);1-2H3. The average molecular weight is 217 g/mol. The van der Waals surface area contributed by atoms with Crippen LogP contribution in [0.2, 0.25) is 0 Å². The van der Waals surface area contributed by atoms with Gasteiger partial charge in [-0.05, 0) is 12.1 Å². The van der Waals surface area contributed by atoms with E-state index in [1.165, 1.54) is 19.4 Å². The van der Waals surface area contributed by atoms with Gasteiger partial charge in [0.2, 0.25) is 0 Å². The second-order valence-corrected chi connectivity index (χ2v) is 3.80. The van der Waals surface area contributed by atoms with E-state index in [1.807, 2.05) is 13.8 Å². The Morgan fingerprint density at radius 2 is 1.71 bits per heavy atom. The van der Waals surface area contributed by atoms with Crippen LogP contribution in [0.25, 0.3) is 0 Å². The van der Waals surface area contributed by atoms with Gasteiger partial charge in [0.05, 0.1) is 5.69 Å². The maximum Gasteiger partial charge on any atom is 0.298 e. The number of nitrogens with zero attached hydrogens (tertiary/aromatic N) is 2. The fourth-order valence-corrected chi connectivity index (χ4v) is 1.12. The molecule has 0 bridgehead atoms. The largest absolute Gasteiger partial charge is 0.298 e. The summed E-state index contributed by atoms with van der Waals surface area (Å²) in [5.74, 6) is 0. The van der Waals surface area contributed by atoms with Crippen LogP contribution in [0.4, 0.5) is 5.69 Å². The fourth-order valence-electron chi connectivity index (χ4n) is 0.701. The van der Waals surface area contributed by atoms with Crippen LogP contribution >= 0.6 is 0 Å². The molecular weight excluding hydrogens is 202 g/mol. The molecule has 0 amide bonds. The number of pyridine rings is 1. The van der Waals surface area contributed by atoms with Crippen molar-refractivity contribution < 1.29 is 8.42 Å². The van der Waals surface area contributed by atoms with Crippen molar-refractivity contribution in [3.63, 3.8) is 0 Å². The zero-order valence-electron chi connectivity index (χ0n) is 8.51. The van der Waals surface area contributed by atoms with E-state index in [-0.39, 0.29) is 0 Å². The van der Waals surface area contributed by atoms with Crippen LogP contribution in [0.3, 0.4) is 0 Å². The molecule has 0 aliphatic rings. The fraction of sp³-hybridized carbons (Fsp3) is 0.375. The van der Waals surface area contributed by atoms with Crippen LogP contribution in [-0.2, 0) is 10.2 Å². The first-order chi connectivity index (χ1) is 6.52. The molecule has 0 unspecified atom stereocenters. The quantitative estimate of drug-likeness (QED) is 0.794. The lowest BCUT2D eigenvalue weighted by molar-refractivity contribution is 0.596. The van der Waals surface area contributed by atoms with Crippen LogP contribution in [0.1, 0.15) is 13.8 Å². The van der Waals surface area contributed by atoms with Crippen molar-refractivity contribution in [1.29, 1.82) is 0 Å². The molecule has 1 heterocycles. The van der Waals surface area contributed by atoms with Gasteiger partial charge in [0, 0.05) is 19.4 Å². The van der Waals surface area contributed by atoms with Crippen molar-refractivity contribution in [3.8, 4) is 0 Å². The second-order valence-electron chi connectivity index (χ2n) is 2.22. The Labute approximate surface area is 84.7 Å². The highest BCUT2D eigenvalue weighted by molar-refractivity contribution is 7.90. The van der Waals surface area contributed by atoms with Gasteiger partial charge in [0.15, 0.2) is 0 Å². The van der Waals surface area contributed by atoms with E-state index in [0.29, 0.717) is 5.69 Å². The van der Waals surface area contributed by atoms with Crippen LogP contribution in [-0.4, -0.2) is 20.4 Å². The van der Waals surface area contributed by atoms with Crippen LogP contribution in [0.15, 0.2) is 24.5 Å². The molecule has 5 nitrogen and oxygen atoms in total. The summed E-state index contributed by atoms with van der Waals surface area (Å²) in [6, 6.07) is 3.12. The summed E-state index contributed by atoms with van der Waals surface area (Å²) in [5, 5.41) is 4.89. The third kappa shape index (κ3) is 3.71. The van der Waals surface area contributed by atoms with Gasteiger partial charge in [-0.1, -0.05) is 13.8 Å². The monoisotopic (exact) mass is 217 g/mol. The lowest BCUT2D eigenvalue weighted by Gasteiger charge is -2.14. The predicted molar refractivity (Wildman–Crippen MR) is 57.1 cm³/mol. The molecule has 1 aromatic rings. The van der Waals surface area contributed by atoms with E-state index in [9.17, 15) is 8.42 Å². The third-order valence-electron chi connectivity index (χ3n) is 1.41. The molecule has 0 radical (unpaired) electrons. The van der Waals surface area contributed by atoms with Crippen molar-refractivity contribution in [1.82, 2.24) is 4.98 Å². The van der Waals surface area contributed by atoms with Gasteiger partial charge in [-0.15, -0.1) is 0 Å². The van der Waals surface area contributed by atoms with E-state index >= 15 is 0 Å². The van der Waals surface area contributed by atoms with E-state index in [0.717, 1.165) is 4.31 Å². The number of aromatic nitrogens is 1. The van der Waals surface area contributed by atoms with Gasteiger partial charge < -0.3 is 0 Å². The molecule has 14 heavy (non-hydrogen) atoms. The Balaban J connectivity index is 0.000000791. The van der Waals surface area contributed by atoms with E-state index in [2.05, 4.69) is 4.98 Å². The van der Waals surface area contributed by atoms with Gasteiger partial charge in [-0.25, -0.2) is 5.14 Å². The second kappa shape index (κ2) is 5.56. The van der Waals surface area contributed by atoms with E-state index in [1.54, 1.807) is 12.1 Å². The summed E-state index contributed by atoms with van der Waals surface area (Å²) in [6.45, 7) is 4.00. The Morgan fingerprint density at radius 3 is 2.07 bits per heavy atom. The molecule has 0 spiro atoms. The Hall–Kier alpha value is -1.14. The predicted octanol–water partition coefficient (Wildman–Crippen LogP) is 0.748. The minimum atomic E-state index is -3.65. The summed E-state index contributed by atoms with van der Waals surface area (Å²) in [4.78, 5) is 3.75. The topological polar surface area (TPSA) is 76.3 Å². The average Bonchev–Trinajstić information content (AvgIpc) is 2.20. The smallest absolute Gasteiger partial charge is 0.265 e. The Morgan fingerprint density at radius 1 is 1.29 bits per heavy atom. The molecule has 1 rings (SSSR count).